The van der Waals surface area contributed by atoms with E-state index in [1.807, 2.05) is 6.92 Å². The van der Waals surface area contributed by atoms with Crippen molar-refractivity contribution in [1.29, 1.82) is 0 Å². The highest BCUT2D eigenvalue weighted by Gasteiger charge is 2.11. The first-order chi connectivity index (χ1) is 8.04. The van der Waals surface area contributed by atoms with E-state index in [9.17, 15) is 4.79 Å². The molecule has 1 unspecified atom stereocenters. The van der Waals surface area contributed by atoms with Gasteiger partial charge in [-0.3, -0.25) is 4.79 Å². The Morgan fingerprint density at radius 1 is 1.59 bits per heavy atom. The third kappa shape index (κ3) is 4.32. The summed E-state index contributed by atoms with van der Waals surface area (Å²) in [5, 5.41) is 11.9. The van der Waals surface area contributed by atoms with Crippen molar-refractivity contribution in [3.8, 4) is 0 Å². The van der Waals surface area contributed by atoms with Crippen LogP contribution in [0.2, 0.25) is 5.15 Å². The van der Waals surface area contributed by atoms with Crippen LogP contribution in [-0.4, -0.2) is 29.1 Å². The largest absolute Gasteiger partial charge is 0.396 e. The molecule has 0 saturated heterocycles. The lowest BCUT2D eigenvalue weighted by molar-refractivity contribution is 0.0944. The first-order valence-electron chi connectivity index (χ1n) is 5.56. The van der Waals surface area contributed by atoms with E-state index < -0.39 is 0 Å². The van der Waals surface area contributed by atoms with Gasteiger partial charge in [0, 0.05) is 13.2 Å². The zero-order valence-electron chi connectivity index (χ0n) is 10.0. The van der Waals surface area contributed by atoms with E-state index in [-0.39, 0.29) is 18.4 Å². The number of aliphatic hydroxyl groups is 1. The predicted octanol–water partition coefficient (Wildman–Crippen LogP) is 1.79. The maximum atomic E-state index is 11.8. The number of pyridine rings is 1. The molecule has 0 fully saturated rings. The Morgan fingerprint density at radius 2 is 2.29 bits per heavy atom. The molecule has 0 aliphatic rings. The fraction of sp³-hybridized carbons (Fsp3) is 0.500. The maximum absolute atomic E-state index is 11.8. The van der Waals surface area contributed by atoms with Gasteiger partial charge in [-0.05, 0) is 31.4 Å². The second-order valence-corrected chi connectivity index (χ2v) is 4.48. The smallest absolute Gasteiger partial charge is 0.253 e. The molecular weight excluding hydrogens is 240 g/mol. The van der Waals surface area contributed by atoms with E-state index in [0.717, 1.165) is 0 Å². The SMILES string of the molecule is Cc1nc(Cl)ccc1C(=O)NCC(C)CCO. The van der Waals surface area contributed by atoms with Crippen LogP contribution < -0.4 is 5.32 Å². The highest BCUT2D eigenvalue weighted by molar-refractivity contribution is 6.29. The number of amides is 1. The summed E-state index contributed by atoms with van der Waals surface area (Å²) in [6, 6.07) is 3.26. The Balaban J connectivity index is 2.58. The molecule has 0 radical (unpaired) electrons. The van der Waals surface area contributed by atoms with Crippen molar-refractivity contribution in [2.45, 2.75) is 20.3 Å². The summed E-state index contributed by atoms with van der Waals surface area (Å²) in [6.45, 7) is 4.40. The van der Waals surface area contributed by atoms with Crippen LogP contribution in [0, 0.1) is 12.8 Å². The Labute approximate surface area is 106 Å². The average Bonchev–Trinajstić information content (AvgIpc) is 2.26. The lowest BCUT2D eigenvalue weighted by Crippen LogP contribution is -2.29. The molecular formula is C12H17ClN2O2. The Hall–Kier alpha value is -1.13. The molecule has 0 spiro atoms. The monoisotopic (exact) mass is 256 g/mol. The molecule has 5 heteroatoms. The van der Waals surface area contributed by atoms with Crippen LogP contribution in [0.5, 0.6) is 0 Å². The lowest BCUT2D eigenvalue weighted by atomic mass is 10.1. The molecule has 1 atom stereocenters. The van der Waals surface area contributed by atoms with Crippen molar-refractivity contribution in [1.82, 2.24) is 10.3 Å². The lowest BCUT2D eigenvalue weighted by Gasteiger charge is -2.12. The summed E-state index contributed by atoms with van der Waals surface area (Å²) in [7, 11) is 0. The van der Waals surface area contributed by atoms with E-state index in [2.05, 4.69) is 10.3 Å². The molecule has 0 saturated carbocycles. The molecule has 1 amide bonds. The average molecular weight is 257 g/mol. The van der Waals surface area contributed by atoms with Crippen molar-refractivity contribution < 1.29 is 9.90 Å². The third-order valence-electron chi connectivity index (χ3n) is 2.53. The number of rotatable bonds is 5. The molecule has 17 heavy (non-hydrogen) atoms. The Kier molecular flexibility index (Phi) is 5.38. The van der Waals surface area contributed by atoms with Crippen molar-refractivity contribution in [2.24, 2.45) is 5.92 Å². The highest BCUT2D eigenvalue weighted by Crippen LogP contribution is 2.10. The molecule has 1 heterocycles. The number of nitrogens with zero attached hydrogens (tertiary/aromatic N) is 1. The molecule has 2 N–H and O–H groups in total. The van der Waals surface area contributed by atoms with Gasteiger partial charge in [-0.2, -0.15) is 0 Å². The Morgan fingerprint density at radius 3 is 2.88 bits per heavy atom. The van der Waals surface area contributed by atoms with Gasteiger partial charge in [0.05, 0.1) is 11.3 Å². The number of hydrogen-bond donors (Lipinski definition) is 2. The number of aromatic nitrogens is 1. The van der Waals surface area contributed by atoms with Crippen LogP contribution in [0.1, 0.15) is 29.4 Å². The summed E-state index contributed by atoms with van der Waals surface area (Å²) < 4.78 is 0. The van der Waals surface area contributed by atoms with Gasteiger partial charge in [0.25, 0.3) is 5.91 Å². The zero-order valence-corrected chi connectivity index (χ0v) is 10.8. The van der Waals surface area contributed by atoms with Gasteiger partial charge in [-0.25, -0.2) is 4.98 Å². The maximum Gasteiger partial charge on any atom is 0.253 e. The number of carbonyl (C=O) groups is 1. The molecule has 0 aromatic carbocycles. The van der Waals surface area contributed by atoms with Gasteiger partial charge in [0.1, 0.15) is 5.15 Å². The van der Waals surface area contributed by atoms with Gasteiger partial charge in [-0.15, -0.1) is 0 Å². The topological polar surface area (TPSA) is 62.2 Å². The fourth-order valence-electron chi connectivity index (χ4n) is 1.45. The van der Waals surface area contributed by atoms with E-state index >= 15 is 0 Å². The quantitative estimate of drug-likeness (QED) is 0.790. The van der Waals surface area contributed by atoms with E-state index in [4.69, 9.17) is 16.7 Å². The van der Waals surface area contributed by atoms with Crippen LogP contribution in [-0.2, 0) is 0 Å². The molecule has 0 aliphatic heterocycles. The van der Waals surface area contributed by atoms with Gasteiger partial charge >= 0.3 is 0 Å². The number of hydrogen-bond acceptors (Lipinski definition) is 3. The minimum atomic E-state index is -0.156. The van der Waals surface area contributed by atoms with Gasteiger partial charge in [0.2, 0.25) is 0 Å². The molecule has 1 rings (SSSR count). The van der Waals surface area contributed by atoms with Crippen LogP contribution in [0.15, 0.2) is 12.1 Å². The van der Waals surface area contributed by atoms with Crippen LogP contribution in [0.4, 0.5) is 0 Å². The molecule has 1 aromatic heterocycles. The minimum Gasteiger partial charge on any atom is -0.396 e. The molecule has 0 bridgehead atoms. The van der Waals surface area contributed by atoms with Crippen LogP contribution in [0.25, 0.3) is 0 Å². The molecule has 1 aromatic rings. The van der Waals surface area contributed by atoms with Gasteiger partial charge in [-0.1, -0.05) is 18.5 Å². The summed E-state index contributed by atoms with van der Waals surface area (Å²) in [5.41, 5.74) is 1.15. The van der Waals surface area contributed by atoms with Crippen LogP contribution >= 0.6 is 11.6 Å². The van der Waals surface area contributed by atoms with Crippen molar-refractivity contribution in [2.75, 3.05) is 13.2 Å². The number of aliphatic hydroxyl groups excluding tert-OH is 1. The predicted molar refractivity (Wildman–Crippen MR) is 67.2 cm³/mol. The Bertz CT molecular complexity index is 396. The standard InChI is InChI=1S/C12H17ClN2O2/c1-8(5-6-16)7-14-12(17)10-3-4-11(13)15-9(10)2/h3-4,8,16H,5-7H2,1-2H3,(H,14,17). The first kappa shape index (κ1) is 13.9. The number of nitrogens with one attached hydrogen (secondary N) is 1. The van der Waals surface area contributed by atoms with Crippen molar-refractivity contribution in [3.05, 3.63) is 28.5 Å². The van der Waals surface area contributed by atoms with Gasteiger partial charge in [0.15, 0.2) is 0 Å². The summed E-state index contributed by atoms with van der Waals surface area (Å²) in [6.07, 6.45) is 0.679. The van der Waals surface area contributed by atoms with Crippen LogP contribution in [0.3, 0.4) is 0 Å². The summed E-state index contributed by atoms with van der Waals surface area (Å²) in [5.74, 6) is 0.0981. The number of carbonyl (C=O) groups excluding carboxylic acids is 1. The second-order valence-electron chi connectivity index (χ2n) is 4.09. The van der Waals surface area contributed by atoms with Crippen molar-refractivity contribution in [3.63, 3.8) is 0 Å². The number of aryl methyl sites for hydroxylation is 1. The molecule has 94 valence electrons. The highest BCUT2D eigenvalue weighted by atomic mass is 35.5. The van der Waals surface area contributed by atoms with Gasteiger partial charge < -0.3 is 10.4 Å². The normalized spacial score (nSPS) is 12.2. The van der Waals surface area contributed by atoms with Crippen molar-refractivity contribution >= 4 is 17.5 Å². The molecule has 4 nitrogen and oxygen atoms in total. The number of halogens is 1. The summed E-state index contributed by atoms with van der Waals surface area (Å²) >= 11 is 5.72. The van der Waals surface area contributed by atoms with E-state index in [0.29, 0.717) is 29.4 Å². The third-order valence-corrected chi connectivity index (χ3v) is 2.74. The van der Waals surface area contributed by atoms with E-state index in [1.165, 1.54) is 0 Å². The minimum absolute atomic E-state index is 0.137. The fourth-order valence-corrected chi connectivity index (χ4v) is 1.64. The zero-order chi connectivity index (χ0) is 12.8. The summed E-state index contributed by atoms with van der Waals surface area (Å²) in [4.78, 5) is 15.9. The van der Waals surface area contributed by atoms with E-state index in [1.54, 1.807) is 19.1 Å². The first-order valence-corrected chi connectivity index (χ1v) is 5.94. The second kappa shape index (κ2) is 6.57. The molecule has 0 aliphatic carbocycles.